The molecule has 0 aliphatic carbocycles. The number of fused-ring (bicyclic) bond motifs is 1. The number of primary amides is 1. The molecule has 60 heavy (non-hydrogen) atoms. The van der Waals surface area contributed by atoms with E-state index in [0.29, 0.717) is 50.4 Å². The van der Waals surface area contributed by atoms with Crippen molar-refractivity contribution in [2.75, 3.05) is 38.5 Å². The van der Waals surface area contributed by atoms with Crippen molar-refractivity contribution in [1.29, 1.82) is 0 Å². The highest BCUT2D eigenvalue weighted by Gasteiger charge is 2.42. The third kappa shape index (κ3) is 19.5. The van der Waals surface area contributed by atoms with Gasteiger partial charge >= 0.3 is 6.03 Å². The number of amides is 10. The number of unbranched alkanes of at least 4 members (excludes halogenated alkanes) is 3. The van der Waals surface area contributed by atoms with Gasteiger partial charge < -0.3 is 59.1 Å². The lowest BCUT2D eigenvalue weighted by molar-refractivity contribution is -0.137. The minimum Gasteiger partial charge on any atom is -0.394 e. The summed E-state index contributed by atoms with van der Waals surface area (Å²) >= 11 is 1.83. The second-order valence-corrected chi connectivity index (χ2v) is 16.7. The number of hydroxylamine groups is 1. The average Bonchev–Trinajstić information content (AvgIpc) is 3.76. The number of nitrogens with two attached hydrogens (primary N) is 2. The fourth-order valence-electron chi connectivity index (χ4n) is 6.77. The van der Waals surface area contributed by atoms with Crippen LogP contribution in [0.5, 0.6) is 0 Å². The smallest absolute Gasteiger partial charge is 0.315 e. The standard InChI is InChI=1S/C37H65N11O11S/c1-21(2)15-22(16-29(51)48-59)34(55)44-24(10-5-7-13-38)36(57)45-25(19-49)35(56)42-17-30(52)41-18-31(53)43-23(33(39)54)9-6-8-14-40-28(50)12-4-3-11-27-32-26(20-60-27)46-37(58)47-32/h21-27,32,49,59H,3-20,38H2,1-2H3,(H2,39,54)(H,40,50)(H,41,52)(H,42,56)(H,43,53)(H,44,55)(H,45,57)(H,48,51)(H2,46,47,58)/t22?,23-,24-,25-,26-,27-,32-/m0/s1. The van der Waals surface area contributed by atoms with Gasteiger partial charge in [0, 0.05) is 36.3 Å². The molecule has 0 aromatic heterocycles. The summed E-state index contributed by atoms with van der Waals surface area (Å²) in [5, 5.41) is 39.8. The van der Waals surface area contributed by atoms with E-state index in [-0.39, 0.29) is 55.6 Å². The van der Waals surface area contributed by atoms with Gasteiger partial charge in [0.1, 0.15) is 18.1 Å². The molecule has 15 N–H and O–H groups in total. The number of aliphatic hydroxyl groups excluding tert-OH is 1. The number of nitrogens with one attached hydrogen (secondary N) is 9. The van der Waals surface area contributed by atoms with Crippen molar-refractivity contribution >= 4 is 65.1 Å². The first kappa shape index (κ1) is 51.4. The van der Waals surface area contributed by atoms with Crippen molar-refractivity contribution in [2.24, 2.45) is 23.3 Å². The Kier molecular flexibility index (Phi) is 23.9. The molecule has 0 aromatic rings. The van der Waals surface area contributed by atoms with Gasteiger partial charge in [-0.25, -0.2) is 10.3 Å². The van der Waals surface area contributed by atoms with Gasteiger partial charge in [0.2, 0.25) is 47.3 Å². The second kappa shape index (κ2) is 27.9. The van der Waals surface area contributed by atoms with E-state index in [4.69, 9.17) is 16.7 Å². The maximum Gasteiger partial charge on any atom is 0.315 e. The first-order valence-electron chi connectivity index (χ1n) is 20.5. The Morgan fingerprint density at radius 2 is 1.45 bits per heavy atom. The number of rotatable bonds is 30. The average molecular weight is 872 g/mol. The van der Waals surface area contributed by atoms with Crippen molar-refractivity contribution < 1.29 is 53.5 Å². The molecule has 23 heteroatoms. The van der Waals surface area contributed by atoms with E-state index < -0.39 is 85.1 Å². The van der Waals surface area contributed by atoms with Crippen LogP contribution in [0, 0.1) is 11.8 Å². The number of thioether (sulfide) groups is 1. The SMILES string of the molecule is CC(C)CC(CC(=O)NO)C(=O)N[C@@H](CCCCN)C(=O)N[C@@H](CO)C(=O)NCC(=O)NCC(=O)N[C@@H](CCCCNC(=O)CCCC[C@@H]1SC[C@@H]2NC(=O)N[C@@H]21)C(N)=O. The molecule has 7 atom stereocenters. The van der Waals surface area contributed by atoms with Crippen LogP contribution in [0.3, 0.4) is 0 Å². The lowest BCUT2D eigenvalue weighted by Gasteiger charge is -2.25. The minimum atomic E-state index is -1.52. The summed E-state index contributed by atoms with van der Waals surface area (Å²) in [5.41, 5.74) is 12.5. The quantitative estimate of drug-likeness (QED) is 0.0147. The molecule has 10 amide bonds. The summed E-state index contributed by atoms with van der Waals surface area (Å²) < 4.78 is 0. The number of carbonyl (C=O) groups excluding carboxylic acids is 9. The number of urea groups is 1. The second-order valence-electron chi connectivity index (χ2n) is 15.4. The van der Waals surface area contributed by atoms with Gasteiger partial charge in [0.15, 0.2) is 0 Å². The highest BCUT2D eigenvalue weighted by Crippen LogP contribution is 2.33. The predicted octanol–water partition coefficient (Wildman–Crippen LogP) is -3.15. The molecule has 2 aliphatic rings. The third-order valence-electron chi connectivity index (χ3n) is 9.95. The fourth-order valence-corrected chi connectivity index (χ4v) is 8.31. The zero-order valence-corrected chi connectivity index (χ0v) is 35.3. The van der Waals surface area contributed by atoms with Crippen LogP contribution in [0.25, 0.3) is 0 Å². The Bertz CT molecular complexity index is 1470. The van der Waals surface area contributed by atoms with Gasteiger partial charge in [-0.15, -0.1) is 0 Å². The van der Waals surface area contributed by atoms with Crippen LogP contribution in [-0.4, -0.2) is 138 Å². The Labute approximate surface area is 354 Å². The maximum atomic E-state index is 13.2. The Morgan fingerprint density at radius 1 is 0.767 bits per heavy atom. The van der Waals surface area contributed by atoms with Crippen LogP contribution in [0.2, 0.25) is 0 Å². The summed E-state index contributed by atoms with van der Waals surface area (Å²) in [4.78, 5) is 112. The summed E-state index contributed by atoms with van der Waals surface area (Å²) in [6.07, 6.45) is 5.07. The van der Waals surface area contributed by atoms with Crippen molar-refractivity contribution in [3.63, 3.8) is 0 Å². The van der Waals surface area contributed by atoms with E-state index in [1.165, 1.54) is 5.48 Å². The molecule has 340 valence electrons. The van der Waals surface area contributed by atoms with Crippen LogP contribution in [0.4, 0.5) is 4.79 Å². The van der Waals surface area contributed by atoms with Crippen molar-refractivity contribution in [3.8, 4) is 0 Å². The van der Waals surface area contributed by atoms with Gasteiger partial charge in [0.05, 0.1) is 31.8 Å². The predicted molar refractivity (Wildman–Crippen MR) is 219 cm³/mol. The first-order chi connectivity index (χ1) is 28.6. The number of carbonyl (C=O) groups is 9. The van der Waals surface area contributed by atoms with Gasteiger partial charge in [-0.1, -0.05) is 20.3 Å². The minimum absolute atomic E-state index is 0.00153. The summed E-state index contributed by atoms with van der Waals surface area (Å²) in [5.74, 6) is -5.51. The van der Waals surface area contributed by atoms with Crippen molar-refractivity contribution in [3.05, 3.63) is 0 Å². The van der Waals surface area contributed by atoms with Gasteiger partial charge in [-0.2, -0.15) is 11.8 Å². The zero-order valence-electron chi connectivity index (χ0n) is 34.5. The maximum absolute atomic E-state index is 13.2. The van der Waals surface area contributed by atoms with Gasteiger partial charge in [-0.3, -0.25) is 43.6 Å². The summed E-state index contributed by atoms with van der Waals surface area (Å²) in [6.45, 7) is 2.32. The summed E-state index contributed by atoms with van der Waals surface area (Å²) in [7, 11) is 0. The van der Waals surface area contributed by atoms with Crippen LogP contribution >= 0.6 is 11.8 Å². The van der Waals surface area contributed by atoms with E-state index in [2.05, 4.69) is 42.5 Å². The molecular formula is C37H65N11O11S. The number of aliphatic hydroxyl groups is 1. The van der Waals surface area contributed by atoms with Crippen LogP contribution in [0.15, 0.2) is 0 Å². The van der Waals surface area contributed by atoms with Crippen molar-refractivity contribution in [1.82, 2.24) is 48.0 Å². The largest absolute Gasteiger partial charge is 0.394 e. The molecule has 0 bridgehead atoms. The molecule has 0 spiro atoms. The van der Waals surface area contributed by atoms with E-state index in [1.54, 1.807) is 0 Å². The molecule has 0 radical (unpaired) electrons. The Balaban J connectivity index is 1.71. The molecule has 2 saturated heterocycles. The topological polar surface area (TPSA) is 354 Å². The molecule has 22 nitrogen and oxygen atoms in total. The zero-order chi connectivity index (χ0) is 44.6. The number of hydrogen-bond acceptors (Lipinski definition) is 13. The Hall–Kier alpha value is -4.74. The molecule has 2 aliphatic heterocycles. The van der Waals surface area contributed by atoms with E-state index in [9.17, 15) is 48.3 Å². The normalized spacial score (nSPS) is 18.7. The highest BCUT2D eigenvalue weighted by atomic mass is 32.2. The van der Waals surface area contributed by atoms with E-state index >= 15 is 0 Å². The van der Waals surface area contributed by atoms with Gasteiger partial charge in [-0.05, 0) is 70.3 Å². The van der Waals surface area contributed by atoms with E-state index in [0.717, 1.165) is 25.0 Å². The molecule has 1 unspecified atom stereocenters. The molecule has 0 aromatic carbocycles. The fraction of sp³-hybridized carbons (Fsp3) is 0.757. The first-order valence-corrected chi connectivity index (χ1v) is 21.6. The van der Waals surface area contributed by atoms with Crippen LogP contribution < -0.4 is 59.5 Å². The molecule has 0 saturated carbocycles. The lowest BCUT2D eigenvalue weighted by Crippen LogP contribution is -2.56. The third-order valence-corrected chi connectivity index (χ3v) is 11.5. The molecule has 2 fully saturated rings. The van der Waals surface area contributed by atoms with Crippen LogP contribution in [-0.2, 0) is 38.4 Å². The monoisotopic (exact) mass is 871 g/mol. The Morgan fingerprint density at radius 3 is 2.12 bits per heavy atom. The summed E-state index contributed by atoms with van der Waals surface area (Å²) in [6, 6.07) is -3.54. The van der Waals surface area contributed by atoms with Gasteiger partial charge in [0.25, 0.3) is 0 Å². The number of hydrogen-bond donors (Lipinski definition) is 13. The molecule has 2 rings (SSSR count). The van der Waals surface area contributed by atoms with E-state index in [1.807, 2.05) is 25.6 Å². The molecule has 2 heterocycles. The highest BCUT2D eigenvalue weighted by molar-refractivity contribution is 8.00. The molecular weight excluding hydrogens is 807 g/mol. The van der Waals surface area contributed by atoms with Crippen molar-refractivity contribution in [2.45, 2.75) is 126 Å². The lowest BCUT2D eigenvalue weighted by atomic mass is 9.92. The van der Waals surface area contributed by atoms with Crippen LogP contribution in [0.1, 0.15) is 90.9 Å².